The third-order valence-electron chi connectivity index (χ3n) is 2.04. The number of nitrogens with zero attached hydrogens (tertiary/aromatic N) is 2. The molecule has 0 radical (unpaired) electrons. The molecule has 1 N–H and O–H groups in total. The number of carbonyl (C=O) groups excluding carboxylic acids is 2. The number of hydrogen-bond acceptors (Lipinski definition) is 4. The average Bonchev–Trinajstić information content (AvgIpc) is 2.63. The van der Waals surface area contributed by atoms with Crippen molar-refractivity contribution in [2.24, 2.45) is 0 Å². The van der Waals surface area contributed by atoms with E-state index in [2.05, 4.69) is 10.4 Å². The lowest BCUT2D eigenvalue weighted by Crippen LogP contribution is -2.26. The molecular weight excluding hydrogens is 234 g/mol. The number of rotatable bonds is 5. The standard InChI is InChI=1S/C12H17N3O3/c1-4-18-12(17)7-10(3)13-11(16)8-15-6-5-9(2)14-15/h5-7H,4,8H2,1-3H3,(H,13,16)/b10-7+. The Hall–Kier alpha value is -2.11. The van der Waals surface area contributed by atoms with Crippen LogP contribution in [0.15, 0.2) is 24.0 Å². The molecule has 0 saturated carbocycles. The Morgan fingerprint density at radius 1 is 1.56 bits per heavy atom. The molecule has 0 aliphatic rings. The molecule has 0 fully saturated rings. The molecule has 1 aromatic rings. The van der Waals surface area contributed by atoms with Crippen LogP contribution in [0.3, 0.4) is 0 Å². The Morgan fingerprint density at radius 2 is 2.28 bits per heavy atom. The summed E-state index contributed by atoms with van der Waals surface area (Å²) in [7, 11) is 0. The van der Waals surface area contributed by atoms with Crippen molar-refractivity contribution in [3.8, 4) is 0 Å². The van der Waals surface area contributed by atoms with E-state index in [9.17, 15) is 9.59 Å². The number of aromatic nitrogens is 2. The third-order valence-corrected chi connectivity index (χ3v) is 2.04. The molecule has 0 unspecified atom stereocenters. The van der Waals surface area contributed by atoms with Crippen LogP contribution in [0, 0.1) is 6.92 Å². The lowest BCUT2D eigenvalue weighted by atomic mass is 10.4. The van der Waals surface area contributed by atoms with Crippen LogP contribution in [-0.4, -0.2) is 28.3 Å². The highest BCUT2D eigenvalue weighted by molar-refractivity contribution is 5.84. The lowest BCUT2D eigenvalue weighted by Gasteiger charge is -2.05. The zero-order chi connectivity index (χ0) is 13.5. The first-order valence-electron chi connectivity index (χ1n) is 5.66. The summed E-state index contributed by atoms with van der Waals surface area (Å²) in [6.45, 7) is 5.62. The molecule has 1 rings (SSSR count). The summed E-state index contributed by atoms with van der Waals surface area (Å²) in [5.74, 6) is -0.707. The number of amides is 1. The molecule has 0 aliphatic carbocycles. The van der Waals surface area contributed by atoms with Gasteiger partial charge in [-0.3, -0.25) is 9.48 Å². The van der Waals surface area contributed by atoms with Crippen molar-refractivity contribution >= 4 is 11.9 Å². The molecule has 6 heteroatoms. The largest absolute Gasteiger partial charge is 0.463 e. The summed E-state index contributed by atoms with van der Waals surface area (Å²) in [5.41, 5.74) is 1.30. The van der Waals surface area contributed by atoms with Crippen molar-refractivity contribution in [1.29, 1.82) is 0 Å². The van der Waals surface area contributed by atoms with Gasteiger partial charge in [0.15, 0.2) is 0 Å². The Balaban J connectivity index is 2.47. The van der Waals surface area contributed by atoms with Crippen LogP contribution in [0.5, 0.6) is 0 Å². The fourth-order valence-electron chi connectivity index (χ4n) is 1.35. The number of nitrogens with one attached hydrogen (secondary N) is 1. The van der Waals surface area contributed by atoms with Gasteiger partial charge in [-0.25, -0.2) is 4.79 Å². The number of carbonyl (C=O) groups is 2. The SMILES string of the molecule is CCOC(=O)/C=C(\C)NC(=O)Cn1ccc(C)n1. The van der Waals surface area contributed by atoms with Gasteiger partial charge in [0.05, 0.1) is 12.3 Å². The summed E-state index contributed by atoms with van der Waals surface area (Å²) in [5, 5.41) is 6.68. The average molecular weight is 251 g/mol. The number of ether oxygens (including phenoxy) is 1. The minimum atomic E-state index is -0.467. The molecule has 98 valence electrons. The first-order valence-corrected chi connectivity index (χ1v) is 5.66. The van der Waals surface area contributed by atoms with Crippen molar-refractivity contribution in [2.75, 3.05) is 6.61 Å². The van der Waals surface area contributed by atoms with Crippen LogP contribution in [0.25, 0.3) is 0 Å². The second-order valence-electron chi connectivity index (χ2n) is 3.78. The fourth-order valence-corrected chi connectivity index (χ4v) is 1.35. The smallest absolute Gasteiger partial charge is 0.332 e. The van der Waals surface area contributed by atoms with Crippen LogP contribution >= 0.6 is 0 Å². The quantitative estimate of drug-likeness (QED) is 0.620. The second-order valence-corrected chi connectivity index (χ2v) is 3.78. The zero-order valence-corrected chi connectivity index (χ0v) is 10.8. The maximum atomic E-state index is 11.6. The van der Waals surface area contributed by atoms with E-state index < -0.39 is 5.97 Å². The minimum Gasteiger partial charge on any atom is -0.463 e. The summed E-state index contributed by atoms with van der Waals surface area (Å²) in [4.78, 5) is 22.7. The molecule has 1 heterocycles. The van der Waals surface area contributed by atoms with Crippen LogP contribution < -0.4 is 5.32 Å². The molecule has 0 spiro atoms. The number of hydrogen-bond donors (Lipinski definition) is 1. The molecule has 6 nitrogen and oxygen atoms in total. The molecule has 0 saturated heterocycles. The third kappa shape index (κ3) is 4.82. The van der Waals surface area contributed by atoms with E-state index in [-0.39, 0.29) is 12.5 Å². The van der Waals surface area contributed by atoms with Crippen molar-refractivity contribution in [3.05, 3.63) is 29.7 Å². The molecule has 0 atom stereocenters. The van der Waals surface area contributed by atoms with Crippen LogP contribution in [0.1, 0.15) is 19.5 Å². The van der Waals surface area contributed by atoms with E-state index in [0.29, 0.717) is 12.3 Å². The Kier molecular flexibility index (Phi) is 5.10. The van der Waals surface area contributed by atoms with Gasteiger partial charge >= 0.3 is 5.97 Å². The maximum Gasteiger partial charge on any atom is 0.332 e. The molecule has 0 aliphatic heterocycles. The van der Waals surface area contributed by atoms with Gasteiger partial charge < -0.3 is 10.1 Å². The number of esters is 1. The summed E-state index contributed by atoms with van der Waals surface area (Å²) >= 11 is 0. The molecule has 0 bridgehead atoms. The van der Waals surface area contributed by atoms with Crippen molar-refractivity contribution < 1.29 is 14.3 Å². The van der Waals surface area contributed by atoms with Gasteiger partial charge in [-0.05, 0) is 26.8 Å². The number of aryl methyl sites for hydroxylation is 1. The predicted molar refractivity (Wildman–Crippen MR) is 65.5 cm³/mol. The minimum absolute atomic E-state index is 0.113. The van der Waals surface area contributed by atoms with Gasteiger partial charge in [0, 0.05) is 18.0 Å². The van der Waals surface area contributed by atoms with E-state index in [1.54, 1.807) is 20.0 Å². The van der Waals surface area contributed by atoms with Gasteiger partial charge in [0.25, 0.3) is 0 Å². The summed E-state index contributed by atoms with van der Waals surface area (Å²) in [6.07, 6.45) is 2.97. The van der Waals surface area contributed by atoms with Gasteiger partial charge in [0.1, 0.15) is 6.54 Å². The van der Waals surface area contributed by atoms with Crippen molar-refractivity contribution in [3.63, 3.8) is 0 Å². The summed E-state index contributed by atoms with van der Waals surface area (Å²) < 4.78 is 6.26. The molecular formula is C12H17N3O3. The van der Waals surface area contributed by atoms with E-state index in [1.165, 1.54) is 10.8 Å². The van der Waals surface area contributed by atoms with E-state index in [0.717, 1.165) is 5.69 Å². The van der Waals surface area contributed by atoms with Crippen molar-refractivity contribution in [1.82, 2.24) is 15.1 Å². The normalized spacial score (nSPS) is 11.2. The van der Waals surface area contributed by atoms with E-state index in [4.69, 9.17) is 4.74 Å². The summed E-state index contributed by atoms with van der Waals surface area (Å²) in [6, 6.07) is 1.81. The van der Waals surface area contributed by atoms with Crippen LogP contribution in [0.2, 0.25) is 0 Å². The predicted octanol–water partition coefficient (Wildman–Crippen LogP) is 0.775. The fraction of sp³-hybridized carbons (Fsp3) is 0.417. The second kappa shape index (κ2) is 6.58. The highest BCUT2D eigenvalue weighted by atomic mass is 16.5. The lowest BCUT2D eigenvalue weighted by molar-refractivity contribution is -0.137. The Morgan fingerprint density at radius 3 is 2.83 bits per heavy atom. The molecule has 18 heavy (non-hydrogen) atoms. The Labute approximate surface area is 106 Å². The highest BCUT2D eigenvalue weighted by Crippen LogP contribution is 1.94. The van der Waals surface area contributed by atoms with Gasteiger partial charge in [-0.15, -0.1) is 0 Å². The van der Waals surface area contributed by atoms with E-state index >= 15 is 0 Å². The number of allylic oxidation sites excluding steroid dienone is 1. The Bertz CT molecular complexity index is 463. The highest BCUT2D eigenvalue weighted by Gasteiger charge is 2.05. The zero-order valence-electron chi connectivity index (χ0n) is 10.8. The van der Waals surface area contributed by atoms with Crippen molar-refractivity contribution in [2.45, 2.75) is 27.3 Å². The first kappa shape index (κ1) is 14.0. The van der Waals surface area contributed by atoms with Gasteiger partial charge in [0.2, 0.25) is 5.91 Å². The monoisotopic (exact) mass is 251 g/mol. The maximum absolute atomic E-state index is 11.6. The topological polar surface area (TPSA) is 73.2 Å². The van der Waals surface area contributed by atoms with Crippen LogP contribution in [-0.2, 0) is 20.9 Å². The molecule has 1 amide bonds. The van der Waals surface area contributed by atoms with Gasteiger partial charge in [-0.2, -0.15) is 5.10 Å². The van der Waals surface area contributed by atoms with Crippen LogP contribution in [0.4, 0.5) is 0 Å². The van der Waals surface area contributed by atoms with E-state index in [1.807, 2.05) is 13.0 Å². The van der Waals surface area contributed by atoms with Gasteiger partial charge in [-0.1, -0.05) is 0 Å². The molecule has 0 aromatic carbocycles. The molecule has 1 aromatic heterocycles. The first-order chi connectivity index (χ1) is 8.51.